The molecule has 0 unspecified atom stereocenters. The number of benzene rings is 1. The quantitative estimate of drug-likeness (QED) is 0.756. The van der Waals surface area contributed by atoms with E-state index < -0.39 is 0 Å². The largest absolute Gasteiger partial charge is 0.332 e. The van der Waals surface area contributed by atoms with Crippen LogP contribution in [0.1, 0.15) is 12.8 Å². The van der Waals surface area contributed by atoms with Gasteiger partial charge in [0.15, 0.2) is 0 Å². The van der Waals surface area contributed by atoms with Crippen LogP contribution in [0.5, 0.6) is 0 Å². The van der Waals surface area contributed by atoms with Gasteiger partial charge in [-0.05, 0) is 37.1 Å². The molecular formula is C12H11ClN2O2. The lowest BCUT2D eigenvalue weighted by molar-refractivity contribution is -0.116. The monoisotopic (exact) mass is 250 g/mol. The fourth-order valence-corrected chi connectivity index (χ4v) is 2.16. The first-order valence-corrected chi connectivity index (χ1v) is 5.94. The van der Waals surface area contributed by atoms with E-state index in [0.717, 1.165) is 12.8 Å². The summed E-state index contributed by atoms with van der Waals surface area (Å²) in [5, 5.41) is 0.590. The molecule has 1 aromatic rings. The molecule has 17 heavy (non-hydrogen) atoms. The first kappa shape index (κ1) is 10.6. The molecule has 1 saturated carbocycles. The fraction of sp³-hybridized carbons (Fsp3) is 0.333. The number of amides is 3. The van der Waals surface area contributed by atoms with Gasteiger partial charge in [0.05, 0.1) is 5.69 Å². The molecule has 0 N–H and O–H groups in total. The van der Waals surface area contributed by atoms with E-state index in [2.05, 4.69) is 0 Å². The van der Waals surface area contributed by atoms with Gasteiger partial charge in [-0.3, -0.25) is 4.79 Å². The van der Waals surface area contributed by atoms with Crippen LogP contribution in [0, 0.1) is 0 Å². The lowest BCUT2D eigenvalue weighted by Gasteiger charge is -2.16. The van der Waals surface area contributed by atoms with Crippen molar-refractivity contribution in [1.29, 1.82) is 0 Å². The average Bonchev–Trinajstić information content (AvgIpc) is 3.09. The van der Waals surface area contributed by atoms with E-state index >= 15 is 0 Å². The number of imide groups is 1. The van der Waals surface area contributed by atoms with E-state index in [0.29, 0.717) is 10.7 Å². The predicted octanol–water partition coefficient (Wildman–Crippen LogP) is 2.27. The smallest absolute Gasteiger partial charge is 0.312 e. The number of carbonyl (C=O) groups excluding carboxylic acids is 2. The van der Waals surface area contributed by atoms with Gasteiger partial charge in [-0.2, -0.15) is 0 Å². The summed E-state index contributed by atoms with van der Waals surface area (Å²) in [6.07, 6.45) is 2.01. The first-order chi connectivity index (χ1) is 8.16. The maximum Gasteiger partial charge on any atom is 0.332 e. The Morgan fingerprint density at radius 3 is 2.35 bits per heavy atom. The van der Waals surface area contributed by atoms with Crippen LogP contribution in [0.2, 0.25) is 5.02 Å². The summed E-state index contributed by atoms with van der Waals surface area (Å²) in [5.41, 5.74) is 0.590. The molecule has 1 heterocycles. The van der Waals surface area contributed by atoms with Crippen molar-refractivity contribution in [3.8, 4) is 0 Å². The van der Waals surface area contributed by atoms with Crippen molar-refractivity contribution < 1.29 is 9.59 Å². The van der Waals surface area contributed by atoms with Crippen LogP contribution in [0.3, 0.4) is 0 Å². The first-order valence-electron chi connectivity index (χ1n) is 5.56. The molecule has 1 aliphatic heterocycles. The molecule has 0 bridgehead atoms. The van der Waals surface area contributed by atoms with E-state index in [-0.39, 0.29) is 24.5 Å². The van der Waals surface area contributed by atoms with E-state index in [1.54, 1.807) is 29.2 Å². The Balaban J connectivity index is 1.89. The zero-order chi connectivity index (χ0) is 12.0. The summed E-state index contributed by atoms with van der Waals surface area (Å²) in [6, 6.07) is 6.79. The molecule has 88 valence electrons. The van der Waals surface area contributed by atoms with E-state index in [1.807, 2.05) is 0 Å². The summed E-state index contributed by atoms with van der Waals surface area (Å²) in [4.78, 5) is 26.8. The highest BCUT2D eigenvalue weighted by atomic mass is 35.5. The molecule has 2 aliphatic rings. The molecule has 0 atom stereocenters. The summed E-state index contributed by atoms with van der Waals surface area (Å²) in [5.74, 6) is -0.163. The Hall–Kier alpha value is -1.55. The van der Waals surface area contributed by atoms with Crippen LogP contribution in [-0.2, 0) is 4.79 Å². The third-order valence-electron chi connectivity index (χ3n) is 3.06. The van der Waals surface area contributed by atoms with Crippen LogP contribution in [0.25, 0.3) is 0 Å². The van der Waals surface area contributed by atoms with Gasteiger partial charge < -0.3 is 4.90 Å². The van der Waals surface area contributed by atoms with Gasteiger partial charge in [0, 0.05) is 11.1 Å². The highest BCUT2D eigenvalue weighted by Crippen LogP contribution is 2.32. The standard InChI is InChI=1S/C12H11ClN2O2/c13-8-1-3-10(4-2-8)15-11(16)7-14(12(15)17)9-5-6-9/h1-4,9H,5-7H2. The molecular weight excluding hydrogens is 240 g/mol. The van der Waals surface area contributed by atoms with Gasteiger partial charge in [0.1, 0.15) is 6.54 Å². The second-order valence-electron chi connectivity index (χ2n) is 4.35. The van der Waals surface area contributed by atoms with Crippen molar-refractivity contribution in [3.63, 3.8) is 0 Å². The molecule has 5 heteroatoms. The van der Waals surface area contributed by atoms with E-state index in [9.17, 15) is 9.59 Å². The summed E-state index contributed by atoms with van der Waals surface area (Å²) in [7, 11) is 0. The Bertz CT molecular complexity index is 482. The maximum absolute atomic E-state index is 12.1. The number of rotatable bonds is 2. The second kappa shape index (κ2) is 3.74. The SMILES string of the molecule is O=C1CN(C2CC2)C(=O)N1c1ccc(Cl)cc1. The number of carbonyl (C=O) groups is 2. The molecule has 0 radical (unpaired) electrons. The van der Waals surface area contributed by atoms with Crippen molar-refractivity contribution in [2.75, 3.05) is 11.4 Å². The van der Waals surface area contributed by atoms with Gasteiger partial charge in [0.2, 0.25) is 0 Å². The Morgan fingerprint density at radius 2 is 1.76 bits per heavy atom. The van der Waals surface area contributed by atoms with Gasteiger partial charge >= 0.3 is 6.03 Å². The summed E-state index contributed by atoms with van der Waals surface area (Å²) >= 11 is 5.78. The van der Waals surface area contributed by atoms with E-state index in [1.165, 1.54) is 4.90 Å². The lowest BCUT2D eigenvalue weighted by Crippen LogP contribution is -2.34. The number of nitrogens with zero attached hydrogens (tertiary/aromatic N) is 2. The zero-order valence-electron chi connectivity index (χ0n) is 9.10. The van der Waals surface area contributed by atoms with Crippen LogP contribution in [0.15, 0.2) is 24.3 Å². The van der Waals surface area contributed by atoms with Gasteiger partial charge in [-0.1, -0.05) is 11.6 Å². The fourth-order valence-electron chi connectivity index (χ4n) is 2.04. The van der Waals surface area contributed by atoms with Crippen molar-refractivity contribution in [1.82, 2.24) is 4.90 Å². The molecule has 3 amide bonds. The normalized spacial score (nSPS) is 20.3. The van der Waals surface area contributed by atoms with Crippen molar-refractivity contribution in [2.45, 2.75) is 18.9 Å². The topological polar surface area (TPSA) is 40.6 Å². The molecule has 3 rings (SSSR count). The minimum atomic E-state index is -0.208. The minimum absolute atomic E-state index is 0.163. The van der Waals surface area contributed by atoms with Crippen LogP contribution in [-0.4, -0.2) is 29.4 Å². The molecule has 1 saturated heterocycles. The van der Waals surface area contributed by atoms with Crippen molar-refractivity contribution in [3.05, 3.63) is 29.3 Å². The predicted molar refractivity (Wildman–Crippen MR) is 64.1 cm³/mol. The highest BCUT2D eigenvalue weighted by Gasteiger charge is 2.44. The van der Waals surface area contributed by atoms with Crippen LogP contribution >= 0.6 is 11.6 Å². The maximum atomic E-state index is 12.1. The van der Waals surface area contributed by atoms with Gasteiger partial charge in [0.25, 0.3) is 5.91 Å². The number of hydrogen-bond donors (Lipinski definition) is 0. The minimum Gasteiger partial charge on any atom is -0.312 e. The van der Waals surface area contributed by atoms with Crippen molar-refractivity contribution in [2.24, 2.45) is 0 Å². The Kier molecular flexibility index (Phi) is 2.33. The number of hydrogen-bond acceptors (Lipinski definition) is 2. The van der Waals surface area contributed by atoms with Crippen LogP contribution in [0.4, 0.5) is 10.5 Å². The molecule has 4 nitrogen and oxygen atoms in total. The molecule has 2 fully saturated rings. The molecule has 1 aromatic carbocycles. The lowest BCUT2D eigenvalue weighted by atomic mass is 10.3. The Morgan fingerprint density at radius 1 is 1.12 bits per heavy atom. The third-order valence-corrected chi connectivity index (χ3v) is 3.32. The summed E-state index contributed by atoms with van der Waals surface area (Å²) in [6.45, 7) is 0.201. The van der Waals surface area contributed by atoms with Crippen LogP contribution < -0.4 is 4.90 Å². The number of urea groups is 1. The highest BCUT2D eigenvalue weighted by molar-refractivity contribution is 6.30. The Labute approximate surface area is 104 Å². The third kappa shape index (κ3) is 1.78. The average molecular weight is 251 g/mol. The molecule has 1 aliphatic carbocycles. The molecule has 0 spiro atoms. The van der Waals surface area contributed by atoms with Gasteiger partial charge in [-0.25, -0.2) is 9.69 Å². The van der Waals surface area contributed by atoms with E-state index in [4.69, 9.17) is 11.6 Å². The summed E-state index contributed by atoms with van der Waals surface area (Å²) < 4.78 is 0. The number of anilines is 1. The molecule has 0 aromatic heterocycles. The number of halogens is 1. The van der Waals surface area contributed by atoms with Crippen molar-refractivity contribution >= 4 is 29.2 Å². The zero-order valence-corrected chi connectivity index (χ0v) is 9.85. The second-order valence-corrected chi connectivity index (χ2v) is 4.78. The van der Waals surface area contributed by atoms with Gasteiger partial charge in [-0.15, -0.1) is 0 Å².